The summed E-state index contributed by atoms with van der Waals surface area (Å²) in [4.78, 5) is 47.7. The van der Waals surface area contributed by atoms with E-state index in [1.165, 1.54) is 24.5 Å². The average Bonchev–Trinajstić information content (AvgIpc) is 2.85. The maximum atomic E-state index is 13.7. The minimum Gasteiger partial charge on any atom is -0.307 e. The van der Waals surface area contributed by atoms with E-state index >= 15 is 0 Å². The highest BCUT2D eigenvalue weighted by Gasteiger charge is 2.40. The zero-order valence-corrected chi connectivity index (χ0v) is 18.2. The largest absolute Gasteiger partial charge is 0.417 e. The van der Waals surface area contributed by atoms with E-state index in [1.54, 1.807) is 18.2 Å². The van der Waals surface area contributed by atoms with E-state index in [4.69, 9.17) is 0 Å². The molecule has 1 saturated heterocycles. The molecule has 0 bridgehead atoms. The summed E-state index contributed by atoms with van der Waals surface area (Å²) in [7, 11) is 0. The first-order chi connectivity index (χ1) is 17.1. The van der Waals surface area contributed by atoms with Crippen LogP contribution in [0.1, 0.15) is 32.7 Å². The number of anilines is 2. The second kappa shape index (κ2) is 9.68. The quantitative estimate of drug-likeness (QED) is 0.527. The van der Waals surface area contributed by atoms with Gasteiger partial charge in [-0.25, -0.2) is 23.5 Å². The molecule has 1 N–H and O–H groups in total. The molecule has 0 aliphatic carbocycles. The molecule has 186 valence electrons. The zero-order chi connectivity index (χ0) is 26.0. The van der Waals surface area contributed by atoms with Crippen LogP contribution in [-0.2, 0) is 6.18 Å². The molecule has 1 aliphatic rings. The van der Waals surface area contributed by atoms with Gasteiger partial charge >= 0.3 is 12.2 Å². The van der Waals surface area contributed by atoms with Crippen molar-refractivity contribution in [1.82, 2.24) is 14.9 Å². The number of nitrogens with one attached hydrogen (secondary N) is 1. The highest BCUT2D eigenvalue weighted by Crippen LogP contribution is 2.34. The zero-order valence-electron chi connectivity index (χ0n) is 18.2. The van der Waals surface area contributed by atoms with Crippen molar-refractivity contribution in [2.45, 2.75) is 12.6 Å². The van der Waals surface area contributed by atoms with Gasteiger partial charge in [-0.2, -0.15) is 13.2 Å². The van der Waals surface area contributed by atoms with Crippen molar-refractivity contribution in [1.29, 1.82) is 0 Å². The number of hydrogen-bond donors (Lipinski definition) is 1. The highest BCUT2D eigenvalue weighted by molar-refractivity contribution is 6.10. The molecule has 0 radical (unpaired) electrons. The van der Waals surface area contributed by atoms with E-state index < -0.39 is 46.8 Å². The monoisotopic (exact) mass is 505 g/mol. The molecule has 0 spiro atoms. The van der Waals surface area contributed by atoms with Gasteiger partial charge in [0, 0.05) is 25.5 Å². The number of aromatic nitrogens is 2. The Bertz CT molecular complexity index is 1320. The number of carbonyl (C=O) groups is 3. The third kappa shape index (κ3) is 4.99. The minimum absolute atomic E-state index is 0.0354. The molecule has 0 unspecified atom stereocenters. The van der Waals surface area contributed by atoms with Crippen LogP contribution in [0.15, 0.2) is 54.9 Å². The lowest BCUT2D eigenvalue weighted by molar-refractivity contribution is -0.138. The molecular weight excluding hydrogens is 489 g/mol. The standard InChI is InChI=1S/C23H16F5N5O3/c24-16-10-14(15(11-17(16)25)23(26,27)28)21(35)33-9-3-8-32(22(33)36)19-6-5-13(12-30-19)20(34)31-18-4-1-2-7-29-18/h1-2,4-7,10-12H,3,8-9H2,(H,29,31,34). The van der Waals surface area contributed by atoms with Crippen molar-refractivity contribution in [2.75, 3.05) is 23.3 Å². The van der Waals surface area contributed by atoms with Gasteiger partial charge in [-0.3, -0.25) is 19.4 Å². The molecular formula is C23H16F5N5O3. The summed E-state index contributed by atoms with van der Waals surface area (Å²) < 4.78 is 67.2. The van der Waals surface area contributed by atoms with Crippen LogP contribution in [0.2, 0.25) is 0 Å². The van der Waals surface area contributed by atoms with Crippen LogP contribution in [0, 0.1) is 11.6 Å². The topological polar surface area (TPSA) is 95.5 Å². The number of halogens is 5. The van der Waals surface area contributed by atoms with Gasteiger partial charge in [0.15, 0.2) is 11.6 Å². The summed E-state index contributed by atoms with van der Waals surface area (Å²) in [5.41, 5.74) is -2.75. The van der Waals surface area contributed by atoms with E-state index in [0.717, 1.165) is 4.90 Å². The van der Waals surface area contributed by atoms with Gasteiger partial charge in [-0.15, -0.1) is 0 Å². The van der Waals surface area contributed by atoms with Crippen LogP contribution in [0.3, 0.4) is 0 Å². The Morgan fingerprint density at radius 3 is 2.36 bits per heavy atom. The number of imide groups is 1. The second-order valence-corrected chi connectivity index (χ2v) is 7.63. The van der Waals surface area contributed by atoms with Crippen LogP contribution in [0.25, 0.3) is 0 Å². The molecule has 13 heteroatoms. The first-order valence-corrected chi connectivity index (χ1v) is 10.4. The molecule has 3 heterocycles. The Kier molecular flexibility index (Phi) is 6.64. The molecule has 4 amide bonds. The predicted molar refractivity (Wildman–Crippen MR) is 116 cm³/mol. The Morgan fingerprint density at radius 1 is 0.972 bits per heavy atom. The number of pyridine rings is 2. The highest BCUT2D eigenvalue weighted by atomic mass is 19.4. The number of amides is 4. The van der Waals surface area contributed by atoms with Crippen molar-refractivity contribution < 1.29 is 36.3 Å². The number of urea groups is 1. The fourth-order valence-corrected chi connectivity index (χ4v) is 3.53. The number of rotatable bonds is 4. The van der Waals surface area contributed by atoms with Gasteiger partial charge in [0.2, 0.25) is 0 Å². The maximum absolute atomic E-state index is 13.7. The van der Waals surface area contributed by atoms with E-state index in [9.17, 15) is 36.3 Å². The number of benzene rings is 1. The molecule has 8 nitrogen and oxygen atoms in total. The van der Waals surface area contributed by atoms with Crippen LogP contribution >= 0.6 is 0 Å². The van der Waals surface area contributed by atoms with Crippen molar-refractivity contribution >= 4 is 29.5 Å². The van der Waals surface area contributed by atoms with Crippen LogP contribution in [0.5, 0.6) is 0 Å². The van der Waals surface area contributed by atoms with Gasteiger partial charge in [0.05, 0.1) is 16.7 Å². The molecule has 3 aromatic rings. The SMILES string of the molecule is O=C(Nc1ccccn1)c1ccc(N2CCCN(C(=O)c3cc(F)c(F)cc3C(F)(F)F)C2=O)nc1. The van der Waals surface area contributed by atoms with Crippen LogP contribution in [0.4, 0.5) is 38.4 Å². The molecule has 4 rings (SSSR count). The van der Waals surface area contributed by atoms with Gasteiger partial charge in [0.25, 0.3) is 11.8 Å². The molecule has 36 heavy (non-hydrogen) atoms. The lowest BCUT2D eigenvalue weighted by Crippen LogP contribution is -2.52. The Morgan fingerprint density at radius 2 is 1.72 bits per heavy atom. The predicted octanol–water partition coefficient (Wildman–Crippen LogP) is 4.50. The molecule has 1 aliphatic heterocycles. The first kappa shape index (κ1) is 24.7. The normalized spacial score (nSPS) is 14.1. The Labute approximate surface area is 200 Å². The summed E-state index contributed by atoms with van der Waals surface area (Å²) in [6, 6.07) is 6.63. The van der Waals surface area contributed by atoms with Crippen molar-refractivity contribution in [3.8, 4) is 0 Å². The van der Waals surface area contributed by atoms with Gasteiger partial charge < -0.3 is 5.32 Å². The fourth-order valence-electron chi connectivity index (χ4n) is 3.53. The van der Waals surface area contributed by atoms with E-state index in [2.05, 4.69) is 15.3 Å². The van der Waals surface area contributed by atoms with E-state index in [-0.39, 0.29) is 43.0 Å². The number of carbonyl (C=O) groups excluding carboxylic acids is 3. The minimum atomic E-state index is -5.16. The summed E-state index contributed by atoms with van der Waals surface area (Å²) in [6.07, 6.45) is -2.32. The number of hydrogen-bond acceptors (Lipinski definition) is 5. The molecule has 1 aromatic carbocycles. The molecule has 0 atom stereocenters. The molecule has 1 fully saturated rings. The van der Waals surface area contributed by atoms with Crippen molar-refractivity contribution in [2.24, 2.45) is 0 Å². The smallest absolute Gasteiger partial charge is 0.307 e. The van der Waals surface area contributed by atoms with Gasteiger partial charge in [-0.05, 0) is 42.8 Å². The Balaban J connectivity index is 1.55. The van der Waals surface area contributed by atoms with Crippen molar-refractivity contribution in [3.63, 3.8) is 0 Å². The van der Waals surface area contributed by atoms with Crippen LogP contribution < -0.4 is 10.2 Å². The lowest BCUT2D eigenvalue weighted by atomic mass is 10.0. The fraction of sp³-hybridized carbons (Fsp3) is 0.174. The summed E-state index contributed by atoms with van der Waals surface area (Å²) in [6.45, 7) is -0.159. The Hall–Kier alpha value is -4.42. The van der Waals surface area contributed by atoms with Crippen LogP contribution in [-0.4, -0.2) is 45.8 Å². The third-order valence-electron chi connectivity index (χ3n) is 5.26. The maximum Gasteiger partial charge on any atom is 0.417 e. The van der Waals surface area contributed by atoms with Crippen molar-refractivity contribution in [3.05, 3.63) is 83.2 Å². The van der Waals surface area contributed by atoms with E-state index in [1.807, 2.05) is 0 Å². The van der Waals surface area contributed by atoms with Gasteiger partial charge in [0.1, 0.15) is 11.6 Å². The van der Waals surface area contributed by atoms with E-state index in [0.29, 0.717) is 10.7 Å². The lowest BCUT2D eigenvalue weighted by Gasteiger charge is -2.34. The molecule has 2 aromatic heterocycles. The second-order valence-electron chi connectivity index (χ2n) is 7.63. The number of alkyl halides is 3. The first-order valence-electron chi connectivity index (χ1n) is 10.4. The summed E-state index contributed by atoms with van der Waals surface area (Å²) in [5, 5.41) is 2.56. The number of nitrogens with zero attached hydrogens (tertiary/aromatic N) is 4. The third-order valence-corrected chi connectivity index (χ3v) is 5.26. The summed E-state index contributed by atoms with van der Waals surface area (Å²) in [5.74, 6) is -5.04. The molecule has 0 saturated carbocycles. The summed E-state index contributed by atoms with van der Waals surface area (Å²) >= 11 is 0. The average molecular weight is 505 g/mol. The van der Waals surface area contributed by atoms with Gasteiger partial charge in [-0.1, -0.05) is 6.07 Å².